The van der Waals surface area contributed by atoms with E-state index >= 15 is 0 Å². The molecule has 5 nitrogen and oxygen atoms in total. The first-order chi connectivity index (χ1) is 12.3. The minimum absolute atomic E-state index is 0.223. The van der Waals surface area contributed by atoms with E-state index < -0.39 is 11.9 Å². The first-order valence-corrected chi connectivity index (χ1v) is 9.57. The number of anilines is 1. The van der Waals surface area contributed by atoms with E-state index in [1.807, 2.05) is 13.8 Å². The van der Waals surface area contributed by atoms with Crippen molar-refractivity contribution in [3.8, 4) is 5.75 Å². The molecule has 1 aromatic carbocycles. The SMILES string of the molecule is CCOC(=O)c1cc(C(C)C)sc1NC(=O)COc1cc(Cl)ccc1Cl. The van der Waals surface area contributed by atoms with Crippen LogP contribution < -0.4 is 10.1 Å². The standard InChI is InChI=1S/C18H19Cl2NO4S/c1-4-24-18(23)12-8-15(10(2)3)26-17(12)21-16(22)9-25-14-7-11(19)5-6-13(14)20/h5-8,10H,4,9H2,1-3H3,(H,21,22). The zero-order chi connectivity index (χ0) is 19.3. The summed E-state index contributed by atoms with van der Waals surface area (Å²) in [5.74, 6) is -0.345. The predicted octanol–water partition coefficient (Wildman–Crippen LogP) is 5.37. The summed E-state index contributed by atoms with van der Waals surface area (Å²) in [4.78, 5) is 25.3. The molecule has 0 bridgehead atoms. The summed E-state index contributed by atoms with van der Waals surface area (Å²) < 4.78 is 10.5. The van der Waals surface area contributed by atoms with Gasteiger partial charge in [-0.1, -0.05) is 37.0 Å². The topological polar surface area (TPSA) is 64.6 Å². The van der Waals surface area contributed by atoms with Gasteiger partial charge in [0.15, 0.2) is 6.61 Å². The first-order valence-electron chi connectivity index (χ1n) is 8.00. The summed E-state index contributed by atoms with van der Waals surface area (Å²) >= 11 is 13.2. The van der Waals surface area contributed by atoms with Gasteiger partial charge in [0.2, 0.25) is 0 Å². The summed E-state index contributed by atoms with van der Waals surface area (Å²) in [6.45, 7) is 5.74. The van der Waals surface area contributed by atoms with Crippen molar-refractivity contribution in [2.75, 3.05) is 18.5 Å². The molecule has 140 valence electrons. The van der Waals surface area contributed by atoms with Gasteiger partial charge in [-0.3, -0.25) is 4.79 Å². The lowest BCUT2D eigenvalue weighted by Crippen LogP contribution is -2.21. The molecule has 1 amide bonds. The van der Waals surface area contributed by atoms with Gasteiger partial charge in [0.05, 0.1) is 17.2 Å². The van der Waals surface area contributed by atoms with Crippen molar-refractivity contribution in [1.29, 1.82) is 0 Å². The second kappa shape index (κ2) is 9.26. The molecule has 1 aromatic heterocycles. The third-order valence-corrected chi connectivity index (χ3v) is 5.22. The number of halogens is 2. The Labute approximate surface area is 166 Å². The normalized spacial score (nSPS) is 10.7. The van der Waals surface area contributed by atoms with Gasteiger partial charge in [0, 0.05) is 16.0 Å². The van der Waals surface area contributed by atoms with Crippen molar-refractivity contribution in [3.63, 3.8) is 0 Å². The number of ether oxygens (including phenoxy) is 2. The van der Waals surface area contributed by atoms with Crippen molar-refractivity contribution in [1.82, 2.24) is 0 Å². The lowest BCUT2D eigenvalue weighted by atomic mass is 10.1. The van der Waals surface area contributed by atoms with E-state index in [-0.39, 0.29) is 19.1 Å². The van der Waals surface area contributed by atoms with E-state index in [9.17, 15) is 9.59 Å². The Hall–Kier alpha value is -1.76. The third kappa shape index (κ3) is 5.37. The van der Waals surface area contributed by atoms with Crippen LogP contribution in [-0.4, -0.2) is 25.1 Å². The molecule has 26 heavy (non-hydrogen) atoms. The van der Waals surface area contributed by atoms with E-state index in [0.29, 0.717) is 26.4 Å². The van der Waals surface area contributed by atoms with Crippen LogP contribution in [-0.2, 0) is 9.53 Å². The minimum atomic E-state index is -0.468. The quantitative estimate of drug-likeness (QED) is 0.616. The van der Waals surface area contributed by atoms with Crippen molar-refractivity contribution in [3.05, 3.63) is 44.8 Å². The number of benzene rings is 1. The van der Waals surface area contributed by atoms with E-state index in [1.54, 1.807) is 25.1 Å². The Morgan fingerprint density at radius 3 is 2.62 bits per heavy atom. The molecular formula is C18H19Cl2NO4S. The van der Waals surface area contributed by atoms with Crippen LogP contribution in [0.4, 0.5) is 5.00 Å². The van der Waals surface area contributed by atoms with Crippen LogP contribution in [0.2, 0.25) is 10.0 Å². The Balaban J connectivity index is 2.10. The number of rotatable bonds is 7. The zero-order valence-electron chi connectivity index (χ0n) is 14.6. The Morgan fingerprint density at radius 1 is 1.23 bits per heavy atom. The second-order valence-corrected chi connectivity index (χ2v) is 7.61. The fourth-order valence-corrected chi connectivity index (χ4v) is 3.44. The Kier molecular flexibility index (Phi) is 7.32. The summed E-state index contributed by atoms with van der Waals surface area (Å²) in [7, 11) is 0. The molecule has 0 fully saturated rings. The number of hydrogen-bond donors (Lipinski definition) is 1. The van der Waals surface area contributed by atoms with Crippen LogP contribution in [0, 0.1) is 0 Å². The Morgan fingerprint density at radius 2 is 1.96 bits per heavy atom. The van der Waals surface area contributed by atoms with Crippen molar-refractivity contribution in [2.45, 2.75) is 26.7 Å². The number of nitrogens with one attached hydrogen (secondary N) is 1. The van der Waals surface area contributed by atoms with Crippen LogP contribution in [0.15, 0.2) is 24.3 Å². The highest BCUT2D eigenvalue weighted by atomic mass is 35.5. The van der Waals surface area contributed by atoms with Crippen LogP contribution in [0.5, 0.6) is 5.75 Å². The van der Waals surface area contributed by atoms with Gasteiger partial charge in [-0.25, -0.2) is 4.79 Å². The highest BCUT2D eigenvalue weighted by molar-refractivity contribution is 7.16. The van der Waals surface area contributed by atoms with E-state index in [2.05, 4.69) is 5.32 Å². The average molecular weight is 416 g/mol. The molecule has 0 saturated heterocycles. The van der Waals surface area contributed by atoms with Gasteiger partial charge in [-0.2, -0.15) is 0 Å². The maximum Gasteiger partial charge on any atom is 0.341 e. The summed E-state index contributed by atoms with van der Waals surface area (Å²) in [5, 5.41) is 3.96. The van der Waals surface area contributed by atoms with Crippen LogP contribution >= 0.6 is 34.5 Å². The van der Waals surface area contributed by atoms with Gasteiger partial charge in [0.25, 0.3) is 5.91 Å². The van der Waals surface area contributed by atoms with Gasteiger partial charge in [-0.15, -0.1) is 11.3 Å². The van der Waals surface area contributed by atoms with Gasteiger partial charge in [0.1, 0.15) is 10.8 Å². The summed E-state index contributed by atoms with van der Waals surface area (Å²) in [6, 6.07) is 6.49. The monoisotopic (exact) mass is 415 g/mol. The summed E-state index contributed by atoms with van der Waals surface area (Å²) in [5.41, 5.74) is 0.342. The molecule has 1 N–H and O–H groups in total. The molecule has 1 heterocycles. The second-order valence-electron chi connectivity index (χ2n) is 5.68. The maximum absolute atomic E-state index is 12.2. The molecule has 2 aromatic rings. The predicted molar refractivity (Wildman–Crippen MR) is 105 cm³/mol. The van der Waals surface area contributed by atoms with Crippen molar-refractivity contribution in [2.24, 2.45) is 0 Å². The smallest absolute Gasteiger partial charge is 0.341 e. The van der Waals surface area contributed by atoms with Gasteiger partial charge < -0.3 is 14.8 Å². The molecule has 0 aliphatic carbocycles. The van der Waals surface area contributed by atoms with Crippen LogP contribution in [0.1, 0.15) is 41.9 Å². The lowest BCUT2D eigenvalue weighted by Gasteiger charge is -2.09. The molecule has 0 spiro atoms. The van der Waals surface area contributed by atoms with Crippen LogP contribution in [0.3, 0.4) is 0 Å². The fourth-order valence-electron chi connectivity index (χ4n) is 2.04. The number of esters is 1. The van der Waals surface area contributed by atoms with Crippen molar-refractivity contribution < 1.29 is 19.1 Å². The number of hydrogen-bond acceptors (Lipinski definition) is 5. The third-order valence-electron chi connectivity index (χ3n) is 3.32. The largest absolute Gasteiger partial charge is 0.482 e. The number of amides is 1. The molecule has 0 saturated carbocycles. The number of carbonyl (C=O) groups excluding carboxylic acids is 2. The van der Waals surface area contributed by atoms with E-state index in [1.165, 1.54) is 17.4 Å². The zero-order valence-corrected chi connectivity index (χ0v) is 16.9. The molecular weight excluding hydrogens is 397 g/mol. The first kappa shape index (κ1) is 20.6. The van der Waals surface area contributed by atoms with Crippen molar-refractivity contribution >= 4 is 51.4 Å². The minimum Gasteiger partial charge on any atom is -0.482 e. The van der Waals surface area contributed by atoms with Gasteiger partial charge >= 0.3 is 5.97 Å². The molecule has 0 aliphatic heterocycles. The maximum atomic E-state index is 12.2. The number of thiophene rings is 1. The molecule has 0 aliphatic rings. The molecule has 8 heteroatoms. The highest BCUT2D eigenvalue weighted by Crippen LogP contribution is 2.33. The fraction of sp³-hybridized carbons (Fsp3) is 0.333. The average Bonchev–Trinajstić information content (AvgIpc) is 3.00. The lowest BCUT2D eigenvalue weighted by molar-refractivity contribution is -0.118. The number of carbonyl (C=O) groups is 2. The summed E-state index contributed by atoms with van der Waals surface area (Å²) in [6.07, 6.45) is 0. The van der Waals surface area contributed by atoms with Gasteiger partial charge in [-0.05, 0) is 31.0 Å². The van der Waals surface area contributed by atoms with E-state index in [4.69, 9.17) is 32.7 Å². The Bertz CT molecular complexity index is 804. The van der Waals surface area contributed by atoms with Crippen LogP contribution in [0.25, 0.3) is 0 Å². The van der Waals surface area contributed by atoms with E-state index in [0.717, 1.165) is 4.88 Å². The molecule has 0 unspecified atom stereocenters. The molecule has 0 radical (unpaired) electrons. The highest BCUT2D eigenvalue weighted by Gasteiger charge is 2.20. The molecule has 2 rings (SSSR count). The molecule has 0 atom stereocenters.